The zero-order valence-electron chi connectivity index (χ0n) is 10.3. The minimum atomic E-state index is -3.37. The first-order chi connectivity index (χ1) is 7.86. The molecule has 1 rings (SSSR count). The summed E-state index contributed by atoms with van der Waals surface area (Å²) in [5, 5.41) is 0. The van der Waals surface area contributed by atoms with Gasteiger partial charge in [0.15, 0.2) is 9.84 Å². The number of hydrogen-bond acceptors (Lipinski definition) is 5. The van der Waals surface area contributed by atoms with Gasteiger partial charge in [0.25, 0.3) is 0 Å². The van der Waals surface area contributed by atoms with Crippen molar-refractivity contribution in [2.75, 3.05) is 39.2 Å². The Bertz CT molecular complexity index is 483. The molecule has 0 unspecified atom stereocenters. The lowest BCUT2D eigenvalue weighted by Gasteiger charge is -2.12. The molecule has 0 amide bonds. The van der Waals surface area contributed by atoms with Gasteiger partial charge in [-0.3, -0.25) is 0 Å². The van der Waals surface area contributed by atoms with E-state index in [1.807, 2.05) is 19.0 Å². The number of nitrogens with two attached hydrogens (primary N) is 1. The predicted octanol–water partition coefficient (Wildman–Crippen LogP) is 0.613. The molecule has 17 heavy (non-hydrogen) atoms. The molecule has 0 aliphatic heterocycles. The number of benzene rings is 1. The molecule has 5 nitrogen and oxygen atoms in total. The molecule has 0 aliphatic carbocycles. The topological polar surface area (TPSA) is 72.6 Å². The average molecular weight is 258 g/mol. The second-order valence-electron chi connectivity index (χ2n) is 4.03. The van der Waals surface area contributed by atoms with E-state index in [1.54, 1.807) is 12.1 Å². The summed E-state index contributed by atoms with van der Waals surface area (Å²) in [6.45, 7) is 0.457. The van der Waals surface area contributed by atoms with E-state index < -0.39 is 9.84 Å². The normalized spacial score (nSPS) is 11.8. The number of nitrogens with zero attached hydrogens (tertiary/aromatic N) is 1. The number of nitrogen functional groups attached to an aromatic ring is 1. The smallest absolute Gasteiger partial charge is 0.181 e. The summed E-state index contributed by atoms with van der Waals surface area (Å²) in [5.41, 5.74) is 5.94. The second-order valence-corrected chi connectivity index (χ2v) is 6.10. The molecule has 96 valence electrons. The number of methoxy groups -OCH3 is 1. The van der Waals surface area contributed by atoms with Crippen LogP contribution in [0.1, 0.15) is 0 Å². The maximum Gasteiger partial charge on any atom is 0.181 e. The van der Waals surface area contributed by atoms with E-state index in [2.05, 4.69) is 0 Å². The van der Waals surface area contributed by atoms with Crippen molar-refractivity contribution in [1.29, 1.82) is 0 Å². The lowest BCUT2D eigenvalue weighted by molar-refractivity contribution is 0.413. The van der Waals surface area contributed by atoms with Gasteiger partial charge in [-0.15, -0.1) is 0 Å². The van der Waals surface area contributed by atoms with Crippen LogP contribution < -0.4 is 10.5 Å². The van der Waals surface area contributed by atoms with Crippen LogP contribution in [-0.4, -0.2) is 46.8 Å². The van der Waals surface area contributed by atoms with Crippen LogP contribution in [-0.2, 0) is 9.84 Å². The van der Waals surface area contributed by atoms with Gasteiger partial charge in [0.1, 0.15) is 5.75 Å². The third-order valence-corrected chi connectivity index (χ3v) is 4.11. The van der Waals surface area contributed by atoms with E-state index in [0.29, 0.717) is 12.3 Å². The maximum atomic E-state index is 12.1. The van der Waals surface area contributed by atoms with Crippen LogP contribution in [0.3, 0.4) is 0 Å². The van der Waals surface area contributed by atoms with Crippen molar-refractivity contribution in [3.05, 3.63) is 18.2 Å². The third kappa shape index (κ3) is 3.61. The Hall–Kier alpha value is -1.27. The minimum Gasteiger partial charge on any atom is -0.497 e. The van der Waals surface area contributed by atoms with Crippen LogP contribution in [0.5, 0.6) is 5.75 Å². The molecule has 0 fully saturated rings. The molecule has 0 bridgehead atoms. The van der Waals surface area contributed by atoms with E-state index in [9.17, 15) is 8.42 Å². The van der Waals surface area contributed by atoms with Gasteiger partial charge in [0, 0.05) is 12.6 Å². The molecule has 0 radical (unpaired) electrons. The van der Waals surface area contributed by atoms with Crippen LogP contribution in [0.15, 0.2) is 23.1 Å². The summed E-state index contributed by atoms with van der Waals surface area (Å²) in [5.74, 6) is 0.528. The first-order valence-electron chi connectivity index (χ1n) is 5.18. The number of sulfone groups is 1. The average Bonchev–Trinajstić information content (AvgIpc) is 2.27. The molecule has 0 aliphatic rings. The van der Waals surface area contributed by atoms with E-state index in [4.69, 9.17) is 10.5 Å². The maximum absolute atomic E-state index is 12.1. The van der Waals surface area contributed by atoms with Crippen LogP contribution in [0.2, 0.25) is 0 Å². The fourth-order valence-electron chi connectivity index (χ4n) is 1.32. The summed E-state index contributed by atoms with van der Waals surface area (Å²) in [4.78, 5) is 1.95. The molecule has 0 spiro atoms. The van der Waals surface area contributed by atoms with Crippen molar-refractivity contribution in [2.24, 2.45) is 0 Å². The number of ether oxygens (including phenoxy) is 1. The third-order valence-electron chi connectivity index (χ3n) is 2.36. The van der Waals surface area contributed by atoms with E-state index in [0.717, 1.165) is 0 Å². The lowest BCUT2D eigenvalue weighted by Crippen LogP contribution is -2.22. The number of anilines is 1. The fraction of sp³-hybridized carbons (Fsp3) is 0.455. The molecule has 6 heteroatoms. The Kier molecular flexibility index (Phi) is 4.36. The second kappa shape index (κ2) is 5.37. The van der Waals surface area contributed by atoms with Crippen molar-refractivity contribution < 1.29 is 13.2 Å². The zero-order chi connectivity index (χ0) is 13.1. The highest BCUT2D eigenvalue weighted by Gasteiger charge is 2.18. The molecule has 0 atom stereocenters. The van der Waals surface area contributed by atoms with Crippen molar-refractivity contribution in [2.45, 2.75) is 4.90 Å². The summed E-state index contributed by atoms with van der Waals surface area (Å²) < 4.78 is 29.1. The van der Waals surface area contributed by atoms with Crippen molar-refractivity contribution >= 4 is 15.5 Å². The Balaban J connectivity index is 3.05. The zero-order valence-corrected chi connectivity index (χ0v) is 11.1. The van der Waals surface area contributed by atoms with E-state index in [-0.39, 0.29) is 16.3 Å². The van der Waals surface area contributed by atoms with Crippen LogP contribution in [0.25, 0.3) is 0 Å². The molecular weight excluding hydrogens is 240 g/mol. The predicted molar refractivity (Wildman–Crippen MR) is 68.0 cm³/mol. The highest BCUT2D eigenvalue weighted by molar-refractivity contribution is 7.91. The van der Waals surface area contributed by atoms with Crippen molar-refractivity contribution in [3.8, 4) is 5.75 Å². The van der Waals surface area contributed by atoms with Gasteiger partial charge in [0.05, 0.1) is 23.4 Å². The fourth-order valence-corrected chi connectivity index (χ4v) is 2.87. The van der Waals surface area contributed by atoms with Gasteiger partial charge in [0.2, 0.25) is 0 Å². The van der Waals surface area contributed by atoms with E-state index in [1.165, 1.54) is 13.2 Å². The van der Waals surface area contributed by atoms with Gasteiger partial charge in [-0.1, -0.05) is 0 Å². The Morgan fingerprint density at radius 3 is 2.53 bits per heavy atom. The van der Waals surface area contributed by atoms with Crippen molar-refractivity contribution in [1.82, 2.24) is 4.90 Å². The van der Waals surface area contributed by atoms with E-state index >= 15 is 0 Å². The van der Waals surface area contributed by atoms with Gasteiger partial charge >= 0.3 is 0 Å². The molecule has 2 N–H and O–H groups in total. The molecule has 1 aromatic carbocycles. The monoisotopic (exact) mass is 258 g/mol. The Labute approximate surface area is 102 Å². The highest BCUT2D eigenvalue weighted by Crippen LogP contribution is 2.24. The van der Waals surface area contributed by atoms with Crippen LogP contribution in [0, 0.1) is 0 Å². The SMILES string of the molecule is COc1ccc(N)c(S(=O)(=O)CCN(C)C)c1. The van der Waals surface area contributed by atoms with Crippen molar-refractivity contribution in [3.63, 3.8) is 0 Å². The Morgan fingerprint density at radius 1 is 1.35 bits per heavy atom. The van der Waals surface area contributed by atoms with Crippen LogP contribution >= 0.6 is 0 Å². The highest BCUT2D eigenvalue weighted by atomic mass is 32.2. The summed E-state index contributed by atoms with van der Waals surface area (Å²) in [6.07, 6.45) is 0. The summed E-state index contributed by atoms with van der Waals surface area (Å²) in [7, 11) is 1.77. The first-order valence-corrected chi connectivity index (χ1v) is 6.83. The van der Waals surface area contributed by atoms with Gasteiger partial charge in [-0.2, -0.15) is 0 Å². The lowest BCUT2D eigenvalue weighted by atomic mass is 10.3. The summed E-state index contributed by atoms with van der Waals surface area (Å²) >= 11 is 0. The minimum absolute atomic E-state index is 0.0391. The molecule has 1 aromatic rings. The molecule has 0 aromatic heterocycles. The summed E-state index contributed by atoms with van der Waals surface area (Å²) in [6, 6.07) is 4.64. The van der Waals surface area contributed by atoms with Gasteiger partial charge in [-0.05, 0) is 26.2 Å². The molecular formula is C11H18N2O3S. The van der Waals surface area contributed by atoms with Gasteiger partial charge in [-0.25, -0.2) is 8.42 Å². The number of rotatable bonds is 5. The standard InChI is InChI=1S/C11H18N2O3S/c1-13(2)6-7-17(14,15)11-8-9(16-3)4-5-10(11)12/h4-5,8H,6-7,12H2,1-3H3. The quantitative estimate of drug-likeness (QED) is 0.784. The largest absolute Gasteiger partial charge is 0.497 e. The molecule has 0 saturated heterocycles. The van der Waals surface area contributed by atoms with Gasteiger partial charge < -0.3 is 15.4 Å². The molecule has 0 saturated carbocycles. The molecule has 0 heterocycles. The Morgan fingerprint density at radius 2 is 2.00 bits per heavy atom. The first kappa shape index (κ1) is 13.8. The number of hydrogen-bond donors (Lipinski definition) is 1. The van der Waals surface area contributed by atoms with Crippen LogP contribution in [0.4, 0.5) is 5.69 Å².